The van der Waals surface area contributed by atoms with Gasteiger partial charge in [-0.15, -0.1) is 0 Å². The van der Waals surface area contributed by atoms with Gasteiger partial charge in [0.25, 0.3) is 5.92 Å². The van der Waals surface area contributed by atoms with E-state index in [1.165, 1.54) is 8.61 Å². The van der Waals surface area contributed by atoms with Crippen LogP contribution in [0, 0.1) is 12.8 Å². The molecular formula is C21H26F2N2O3S. The van der Waals surface area contributed by atoms with E-state index in [0.717, 1.165) is 22.3 Å². The number of fused-ring (bicyclic) bond motifs is 1. The Hall–Kier alpha value is -1.87. The summed E-state index contributed by atoms with van der Waals surface area (Å²) in [5.41, 5.74) is 3.69. The molecule has 2 aromatic carbocycles. The third kappa shape index (κ3) is 3.38. The maximum atomic E-state index is 13.4. The summed E-state index contributed by atoms with van der Waals surface area (Å²) in [6.07, 6.45) is -0.223. The first-order valence-corrected chi connectivity index (χ1v) is 10.9. The van der Waals surface area contributed by atoms with E-state index in [4.69, 9.17) is 0 Å². The fourth-order valence-electron chi connectivity index (χ4n) is 3.75. The molecule has 0 saturated heterocycles. The Labute approximate surface area is 171 Å². The SMILES string of the molecule is Cc1ccc(C(C)(C)O)cc1-c1ccc2c(c1)N(C)S(O)(O)N2CC1CC1(F)F. The zero-order valence-corrected chi connectivity index (χ0v) is 17.7. The number of aliphatic hydroxyl groups is 1. The summed E-state index contributed by atoms with van der Waals surface area (Å²) in [4.78, 5) is 0. The van der Waals surface area contributed by atoms with Gasteiger partial charge in [0.2, 0.25) is 0 Å². The van der Waals surface area contributed by atoms with Gasteiger partial charge in [0.05, 0.1) is 17.0 Å². The molecule has 2 aromatic rings. The highest BCUT2D eigenvalue weighted by Crippen LogP contribution is 2.63. The highest BCUT2D eigenvalue weighted by Gasteiger charge is 2.59. The minimum Gasteiger partial charge on any atom is -0.386 e. The number of anilines is 2. The first kappa shape index (κ1) is 20.4. The predicted octanol–water partition coefficient (Wildman–Crippen LogP) is 5.38. The van der Waals surface area contributed by atoms with Gasteiger partial charge in [0.15, 0.2) is 0 Å². The van der Waals surface area contributed by atoms with E-state index < -0.39 is 28.4 Å². The number of benzene rings is 2. The van der Waals surface area contributed by atoms with Crippen molar-refractivity contribution in [1.29, 1.82) is 0 Å². The predicted molar refractivity (Wildman–Crippen MR) is 114 cm³/mol. The molecule has 1 fully saturated rings. The summed E-state index contributed by atoms with van der Waals surface area (Å²) < 4.78 is 50.9. The second-order valence-corrected chi connectivity index (χ2v) is 10.5. The standard InChI is InChI=1S/C21H26F2N2O3S/c1-13-5-7-15(20(2,3)26)10-17(13)14-6-8-18-19(9-14)24(4)29(27,28)25(18)12-16-11-21(16,22)23/h5-10,16,26-28H,11-12H2,1-4H3. The third-order valence-corrected chi connectivity index (χ3v) is 7.71. The molecule has 2 aliphatic rings. The molecule has 8 heteroatoms. The molecule has 3 N–H and O–H groups in total. The Balaban J connectivity index is 1.74. The number of nitrogens with zero attached hydrogens (tertiary/aromatic N) is 2. The molecule has 0 spiro atoms. The molecule has 1 heterocycles. The largest absolute Gasteiger partial charge is 0.386 e. The highest BCUT2D eigenvalue weighted by molar-refractivity contribution is 8.26. The van der Waals surface area contributed by atoms with E-state index >= 15 is 0 Å². The molecule has 0 radical (unpaired) electrons. The van der Waals surface area contributed by atoms with Gasteiger partial charge in [-0.25, -0.2) is 8.78 Å². The fraction of sp³-hybridized carbons (Fsp3) is 0.429. The number of alkyl halides is 2. The third-order valence-electron chi connectivity index (χ3n) is 5.84. The van der Waals surface area contributed by atoms with Crippen LogP contribution in [0.1, 0.15) is 31.4 Å². The van der Waals surface area contributed by atoms with Crippen LogP contribution in [0.5, 0.6) is 0 Å². The molecular weight excluding hydrogens is 398 g/mol. The molecule has 5 nitrogen and oxygen atoms in total. The fourth-order valence-corrected chi connectivity index (χ4v) is 5.25. The van der Waals surface area contributed by atoms with Crippen LogP contribution >= 0.6 is 11.0 Å². The van der Waals surface area contributed by atoms with Gasteiger partial charge in [-0.2, -0.15) is 0 Å². The Morgan fingerprint density at radius 3 is 2.38 bits per heavy atom. The normalized spacial score (nSPS) is 23.1. The molecule has 29 heavy (non-hydrogen) atoms. The van der Waals surface area contributed by atoms with Crippen LogP contribution in [0.2, 0.25) is 0 Å². The second kappa shape index (κ2) is 6.31. The van der Waals surface area contributed by atoms with Crippen molar-refractivity contribution < 1.29 is 23.0 Å². The lowest BCUT2D eigenvalue weighted by Crippen LogP contribution is -2.33. The molecule has 1 aliphatic heterocycles. The first-order chi connectivity index (χ1) is 13.3. The quantitative estimate of drug-likeness (QED) is 0.615. The van der Waals surface area contributed by atoms with Crippen LogP contribution in [-0.4, -0.2) is 33.7 Å². The molecule has 0 aromatic heterocycles. The Bertz CT molecular complexity index is 975. The lowest BCUT2D eigenvalue weighted by molar-refractivity contribution is 0.0786. The average molecular weight is 425 g/mol. The topological polar surface area (TPSA) is 67.2 Å². The van der Waals surface area contributed by atoms with E-state index in [0.29, 0.717) is 11.4 Å². The van der Waals surface area contributed by atoms with Gasteiger partial charge in [-0.05, 0) is 72.2 Å². The monoisotopic (exact) mass is 424 g/mol. The zero-order chi connectivity index (χ0) is 21.4. The van der Waals surface area contributed by atoms with Crippen LogP contribution in [0.25, 0.3) is 11.1 Å². The van der Waals surface area contributed by atoms with Gasteiger partial charge in [0.1, 0.15) is 0 Å². The van der Waals surface area contributed by atoms with Crippen LogP contribution in [0.15, 0.2) is 36.4 Å². The van der Waals surface area contributed by atoms with Crippen LogP contribution in [-0.2, 0) is 5.60 Å². The van der Waals surface area contributed by atoms with Crippen molar-refractivity contribution in [3.05, 3.63) is 47.5 Å². The summed E-state index contributed by atoms with van der Waals surface area (Å²) in [5.74, 6) is -3.59. The summed E-state index contributed by atoms with van der Waals surface area (Å²) in [7, 11) is -1.82. The molecule has 1 atom stereocenters. The molecule has 1 saturated carbocycles. The van der Waals surface area contributed by atoms with Gasteiger partial charge < -0.3 is 5.11 Å². The summed E-state index contributed by atoms with van der Waals surface area (Å²) in [5, 5.41) is 10.3. The van der Waals surface area contributed by atoms with Gasteiger partial charge >= 0.3 is 0 Å². The number of halogens is 2. The number of hydrogen-bond acceptors (Lipinski definition) is 5. The highest BCUT2D eigenvalue weighted by atomic mass is 32.3. The van der Waals surface area contributed by atoms with E-state index in [2.05, 4.69) is 0 Å². The zero-order valence-electron chi connectivity index (χ0n) is 16.9. The van der Waals surface area contributed by atoms with Crippen LogP contribution in [0.4, 0.5) is 20.2 Å². The maximum Gasteiger partial charge on any atom is 0.253 e. The molecule has 1 aliphatic carbocycles. The number of rotatable bonds is 4. The van der Waals surface area contributed by atoms with Crippen molar-refractivity contribution in [1.82, 2.24) is 0 Å². The average Bonchev–Trinajstić information content (AvgIpc) is 3.18. The summed E-state index contributed by atoms with van der Waals surface area (Å²) in [6, 6.07) is 11.2. The smallest absolute Gasteiger partial charge is 0.253 e. The molecule has 4 rings (SSSR count). The Morgan fingerprint density at radius 1 is 1.14 bits per heavy atom. The first-order valence-electron chi connectivity index (χ1n) is 9.48. The van der Waals surface area contributed by atoms with Crippen molar-refractivity contribution in [2.75, 3.05) is 22.2 Å². The summed E-state index contributed by atoms with van der Waals surface area (Å²) >= 11 is 0. The maximum absolute atomic E-state index is 13.4. The van der Waals surface area contributed by atoms with Crippen molar-refractivity contribution in [2.24, 2.45) is 5.92 Å². The van der Waals surface area contributed by atoms with E-state index in [1.807, 2.05) is 37.3 Å². The van der Waals surface area contributed by atoms with E-state index in [9.17, 15) is 23.0 Å². The van der Waals surface area contributed by atoms with Crippen molar-refractivity contribution >= 4 is 22.3 Å². The lowest BCUT2D eigenvalue weighted by Gasteiger charge is -2.42. The minimum atomic E-state index is -3.38. The van der Waals surface area contributed by atoms with Crippen molar-refractivity contribution in [2.45, 2.75) is 38.7 Å². The molecule has 1 unspecified atom stereocenters. The van der Waals surface area contributed by atoms with Crippen LogP contribution in [0.3, 0.4) is 0 Å². The molecule has 158 valence electrons. The molecule has 0 bridgehead atoms. The molecule has 0 amide bonds. The Morgan fingerprint density at radius 2 is 1.79 bits per heavy atom. The Kier molecular flexibility index (Phi) is 4.44. The van der Waals surface area contributed by atoms with E-state index in [1.54, 1.807) is 27.0 Å². The second-order valence-electron chi connectivity index (χ2n) is 8.50. The number of aryl methyl sites for hydroxylation is 1. The van der Waals surface area contributed by atoms with E-state index in [-0.39, 0.29) is 13.0 Å². The lowest BCUT2D eigenvalue weighted by atomic mass is 9.91. The van der Waals surface area contributed by atoms with Gasteiger partial charge in [-0.3, -0.25) is 17.7 Å². The summed E-state index contributed by atoms with van der Waals surface area (Å²) in [6.45, 7) is 5.31. The van der Waals surface area contributed by atoms with Crippen molar-refractivity contribution in [3.63, 3.8) is 0 Å². The van der Waals surface area contributed by atoms with Crippen LogP contribution < -0.4 is 8.61 Å². The van der Waals surface area contributed by atoms with Crippen molar-refractivity contribution in [3.8, 4) is 11.1 Å². The minimum absolute atomic E-state index is 0.0980. The number of hydrogen-bond donors (Lipinski definition) is 3. The van der Waals surface area contributed by atoms with Gasteiger partial charge in [-0.1, -0.05) is 18.2 Å². The van der Waals surface area contributed by atoms with Gasteiger partial charge in [0, 0.05) is 25.9 Å².